The fourth-order valence-corrected chi connectivity index (χ4v) is 5.09. The van der Waals surface area contributed by atoms with Crippen LogP contribution in [0.3, 0.4) is 0 Å². The fourth-order valence-electron chi connectivity index (χ4n) is 5.09. The minimum Gasteiger partial charge on any atom is -0.341 e. The maximum atomic E-state index is 14.1. The molecule has 1 aromatic heterocycles. The Labute approximate surface area is 210 Å². The number of anilines is 3. The van der Waals surface area contributed by atoms with Crippen molar-refractivity contribution >= 4 is 34.3 Å². The predicted octanol–water partition coefficient (Wildman–Crippen LogP) is 3.87. The number of rotatable bonds is 5. The highest BCUT2D eigenvalue weighted by Gasteiger charge is 2.31. The molecule has 36 heavy (non-hydrogen) atoms. The van der Waals surface area contributed by atoms with Crippen LogP contribution in [0.5, 0.6) is 0 Å². The Morgan fingerprint density at radius 1 is 1.19 bits per heavy atom. The highest BCUT2D eigenvalue weighted by Crippen LogP contribution is 2.30. The van der Waals surface area contributed by atoms with Crippen LogP contribution in [0.1, 0.15) is 36.8 Å². The number of benzene rings is 2. The summed E-state index contributed by atoms with van der Waals surface area (Å²) in [5.74, 6) is 0.799. The molecule has 3 aromatic rings. The lowest BCUT2D eigenvalue weighted by atomic mass is 10.0. The molecule has 9 heteroatoms. The molecule has 3 heterocycles. The van der Waals surface area contributed by atoms with E-state index in [0.29, 0.717) is 47.0 Å². The maximum absolute atomic E-state index is 14.1. The van der Waals surface area contributed by atoms with Gasteiger partial charge in [-0.1, -0.05) is 6.07 Å². The summed E-state index contributed by atoms with van der Waals surface area (Å²) in [5.41, 5.74) is 2.70. The number of amides is 1. The third-order valence-electron chi connectivity index (χ3n) is 7.20. The summed E-state index contributed by atoms with van der Waals surface area (Å²) in [6, 6.07) is 12.3. The molecule has 2 aromatic carbocycles. The van der Waals surface area contributed by atoms with E-state index >= 15 is 0 Å². The Morgan fingerprint density at radius 3 is 2.72 bits per heavy atom. The van der Waals surface area contributed by atoms with Crippen LogP contribution in [0.4, 0.5) is 21.8 Å². The summed E-state index contributed by atoms with van der Waals surface area (Å²) in [6.07, 6.45) is 3.58. The number of hydrogen-bond acceptors (Lipinski definition) is 7. The number of carbonyl (C=O) groups excluding carboxylic acids is 1. The van der Waals surface area contributed by atoms with Crippen LogP contribution in [-0.4, -0.2) is 59.5 Å². The van der Waals surface area contributed by atoms with Gasteiger partial charge >= 0.3 is 0 Å². The minimum absolute atomic E-state index is 0.0639. The summed E-state index contributed by atoms with van der Waals surface area (Å²) in [6.45, 7) is 4.25. The van der Waals surface area contributed by atoms with Gasteiger partial charge in [-0.15, -0.1) is 0 Å². The van der Waals surface area contributed by atoms with Crippen LogP contribution < -0.4 is 15.5 Å². The third kappa shape index (κ3) is 4.82. The van der Waals surface area contributed by atoms with Crippen molar-refractivity contribution in [3.05, 3.63) is 53.3 Å². The molecule has 0 radical (unpaired) electrons. The highest BCUT2D eigenvalue weighted by molar-refractivity contribution is 5.92. The van der Waals surface area contributed by atoms with Crippen LogP contribution in [0.2, 0.25) is 0 Å². The SMILES string of the molecule is Cc1ccc(Nc2nc(N3CCC(N(C)C(=O)C4CCCN4)CC3)nc3ccc(F)cc23)c(C#N)c1. The van der Waals surface area contributed by atoms with Crippen LogP contribution in [0.25, 0.3) is 10.9 Å². The zero-order valence-corrected chi connectivity index (χ0v) is 20.6. The zero-order valence-electron chi connectivity index (χ0n) is 20.6. The number of hydrogen-bond donors (Lipinski definition) is 2. The smallest absolute Gasteiger partial charge is 0.239 e. The Kier molecular flexibility index (Phi) is 6.70. The highest BCUT2D eigenvalue weighted by atomic mass is 19.1. The van der Waals surface area contributed by atoms with Crippen molar-refractivity contribution in [2.45, 2.75) is 44.7 Å². The van der Waals surface area contributed by atoms with Crippen LogP contribution >= 0.6 is 0 Å². The summed E-state index contributed by atoms with van der Waals surface area (Å²) in [4.78, 5) is 26.3. The number of aryl methyl sites for hydroxylation is 1. The molecule has 2 aliphatic rings. The Bertz CT molecular complexity index is 1320. The van der Waals surface area contributed by atoms with Crippen molar-refractivity contribution in [1.29, 1.82) is 5.26 Å². The van der Waals surface area contributed by atoms with Gasteiger partial charge in [0, 0.05) is 31.6 Å². The largest absolute Gasteiger partial charge is 0.341 e. The minimum atomic E-state index is -0.378. The first-order chi connectivity index (χ1) is 17.4. The Hall–Kier alpha value is -3.77. The van der Waals surface area contributed by atoms with Crippen molar-refractivity contribution in [2.75, 3.05) is 36.9 Å². The molecule has 2 saturated heterocycles. The number of likely N-dealkylation sites (N-methyl/N-ethyl adjacent to an activating group) is 1. The van der Waals surface area contributed by atoms with Gasteiger partial charge in [0.15, 0.2) is 0 Å². The van der Waals surface area contributed by atoms with Crippen LogP contribution in [0, 0.1) is 24.1 Å². The molecule has 0 spiro atoms. The van der Waals surface area contributed by atoms with Gasteiger partial charge in [-0.25, -0.2) is 9.37 Å². The molecule has 1 amide bonds. The average Bonchev–Trinajstić information content (AvgIpc) is 3.44. The predicted molar refractivity (Wildman–Crippen MR) is 138 cm³/mol. The second-order valence-corrected chi connectivity index (χ2v) is 9.64. The van der Waals surface area contributed by atoms with E-state index < -0.39 is 0 Å². The van der Waals surface area contributed by atoms with Crippen LogP contribution in [0.15, 0.2) is 36.4 Å². The summed E-state index contributed by atoms with van der Waals surface area (Å²) < 4.78 is 14.1. The Balaban J connectivity index is 1.38. The standard InChI is InChI=1S/C27H30FN7O/c1-17-5-7-22(18(14-17)16-29)31-25-21-15-19(28)6-8-23(21)32-27(33-25)35-12-9-20(10-13-35)34(2)26(36)24-4-3-11-30-24/h5-8,14-15,20,24,30H,3-4,9-13H2,1-2H3,(H,31,32,33). The summed E-state index contributed by atoms with van der Waals surface area (Å²) in [5, 5.41) is 16.7. The first kappa shape index (κ1) is 23.9. The first-order valence-corrected chi connectivity index (χ1v) is 12.4. The number of nitrogens with one attached hydrogen (secondary N) is 2. The Morgan fingerprint density at radius 2 is 2.00 bits per heavy atom. The first-order valence-electron chi connectivity index (χ1n) is 12.4. The molecule has 0 saturated carbocycles. The second kappa shape index (κ2) is 10.1. The van der Waals surface area contributed by atoms with E-state index in [9.17, 15) is 14.4 Å². The number of fused-ring (bicyclic) bond motifs is 1. The molecule has 2 fully saturated rings. The lowest BCUT2D eigenvalue weighted by Gasteiger charge is -2.37. The molecule has 1 unspecified atom stereocenters. The van der Waals surface area contributed by atoms with E-state index in [1.807, 2.05) is 31.0 Å². The molecule has 186 valence electrons. The number of nitriles is 1. The third-order valence-corrected chi connectivity index (χ3v) is 7.20. The quantitative estimate of drug-likeness (QED) is 0.564. The van der Waals surface area contributed by atoms with Gasteiger partial charge in [0.05, 0.1) is 22.8 Å². The molecule has 0 bridgehead atoms. The molecule has 0 aliphatic carbocycles. The number of carbonyl (C=O) groups is 1. The van der Waals surface area contributed by atoms with Crippen LogP contribution in [-0.2, 0) is 4.79 Å². The topological polar surface area (TPSA) is 97.2 Å². The maximum Gasteiger partial charge on any atom is 0.239 e. The average molecular weight is 488 g/mol. The van der Waals surface area contributed by atoms with E-state index in [1.54, 1.807) is 12.1 Å². The van der Waals surface area contributed by atoms with Gasteiger partial charge in [0.1, 0.15) is 17.7 Å². The number of piperidine rings is 1. The van der Waals surface area contributed by atoms with Gasteiger partial charge in [-0.2, -0.15) is 10.2 Å². The summed E-state index contributed by atoms with van der Waals surface area (Å²) >= 11 is 0. The lowest BCUT2D eigenvalue weighted by molar-refractivity contribution is -0.134. The van der Waals surface area contributed by atoms with Crippen molar-refractivity contribution < 1.29 is 9.18 Å². The van der Waals surface area contributed by atoms with Gasteiger partial charge in [-0.3, -0.25) is 4.79 Å². The van der Waals surface area contributed by atoms with E-state index in [4.69, 9.17) is 9.97 Å². The lowest BCUT2D eigenvalue weighted by Crippen LogP contribution is -2.50. The summed E-state index contributed by atoms with van der Waals surface area (Å²) in [7, 11) is 1.90. The molecule has 2 N–H and O–H groups in total. The van der Waals surface area contributed by atoms with Crippen molar-refractivity contribution in [3.63, 3.8) is 0 Å². The molecule has 1 atom stereocenters. The van der Waals surface area contributed by atoms with E-state index in [2.05, 4.69) is 21.6 Å². The molecule has 2 aliphatic heterocycles. The van der Waals surface area contributed by atoms with Gasteiger partial charge in [0.25, 0.3) is 0 Å². The number of aromatic nitrogens is 2. The van der Waals surface area contributed by atoms with Gasteiger partial charge in [0.2, 0.25) is 11.9 Å². The zero-order chi connectivity index (χ0) is 25.2. The van der Waals surface area contributed by atoms with E-state index in [1.165, 1.54) is 12.1 Å². The number of halogens is 1. The normalized spacial score (nSPS) is 18.3. The molecule has 5 rings (SSSR count). The molecular formula is C27H30FN7O. The second-order valence-electron chi connectivity index (χ2n) is 9.64. The van der Waals surface area contributed by atoms with Crippen molar-refractivity contribution in [2.24, 2.45) is 0 Å². The molecule has 8 nitrogen and oxygen atoms in total. The van der Waals surface area contributed by atoms with E-state index in [-0.39, 0.29) is 23.8 Å². The van der Waals surface area contributed by atoms with Crippen molar-refractivity contribution in [3.8, 4) is 6.07 Å². The monoisotopic (exact) mass is 487 g/mol. The fraction of sp³-hybridized carbons (Fsp3) is 0.407. The number of nitrogens with zero attached hydrogens (tertiary/aromatic N) is 5. The van der Waals surface area contributed by atoms with Crippen molar-refractivity contribution in [1.82, 2.24) is 20.2 Å². The van der Waals surface area contributed by atoms with Gasteiger partial charge < -0.3 is 20.4 Å². The van der Waals surface area contributed by atoms with Gasteiger partial charge in [-0.05, 0) is 75.0 Å². The van der Waals surface area contributed by atoms with E-state index in [0.717, 1.165) is 37.8 Å². The molecular weight excluding hydrogens is 457 g/mol.